The average Bonchev–Trinajstić information content (AvgIpc) is 2.57. The molecule has 0 bridgehead atoms. The van der Waals surface area contributed by atoms with Gasteiger partial charge in [0.2, 0.25) is 0 Å². The Kier molecular flexibility index (Phi) is 7.54. The van der Waals surface area contributed by atoms with Crippen molar-refractivity contribution in [2.24, 2.45) is 11.7 Å². The molecule has 0 saturated carbocycles. The number of aromatic hydroxyl groups is 1. The van der Waals surface area contributed by atoms with Gasteiger partial charge in [0.05, 0.1) is 0 Å². The number of benzene rings is 1. The number of nitrogens with one attached hydrogen (secondary N) is 1. The SMILES string of the molecule is CBCCc1ccc(CC2CN(CC(/C=C\N)NC)C2)c(C(=O)O)c1O. The fourth-order valence-electron chi connectivity index (χ4n) is 3.58. The predicted octanol–water partition coefficient (Wildman–Crippen LogP) is 1.07. The Labute approximate surface area is 156 Å². The summed E-state index contributed by atoms with van der Waals surface area (Å²) in [4.78, 5) is 14.0. The number of aromatic carboxylic acids is 1. The Balaban J connectivity index is 2.00. The quantitative estimate of drug-likeness (QED) is 0.467. The van der Waals surface area contributed by atoms with Gasteiger partial charge >= 0.3 is 5.97 Å². The van der Waals surface area contributed by atoms with Crippen molar-refractivity contribution in [1.82, 2.24) is 10.2 Å². The summed E-state index contributed by atoms with van der Waals surface area (Å²) in [5.41, 5.74) is 6.99. The molecule has 6 nitrogen and oxygen atoms in total. The maximum Gasteiger partial charge on any atom is 0.339 e. The number of carboxylic acids is 1. The van der Waals surface area contributed by atoms with Gasteiger partial charge in [-0.1, -0.05) is 31.4 Å². The summed E-state index contributed by atoms with van der Waals surface area (Å²) in [5.74, 6) is -0.688. The molecule has 0 spiro atoms. The molecule has 142 valence electrons. The van der Waals surface area contributed by atoms with Crippen molar-refractivity contribution in [2.75, 3.05) is 26.7 Å². The van der Waals surface area contributed by atoms with Gasteiger partial charge in [0.25, 0.3) is 0 Å². The zero-order valence-corrected chi connectivity index (χ0v) is 15.7. The highest BCUT2D eigenvalue weighted by molar-refractivity contribution is 6.33. The zero-order valence-electron chi connectivity index (χ0n) is 15.7. The van der Waals surface area contributed by atoms with E-state index in [4.69, 9.17) is 5.73 Å². The standard InChI is InChI=1S/C19H30BN3O3/c1-20-7-5-14-3-4-15(17(18(14)24)19(25)26)9-13-10-23(11-13)12-16(22-2)6-8-21/h3-4,6,8,13,16,20,22,24H,5,7,9-12,21H2,1-2H3,(H,25,26)/b8-6-. The summed E-state index contributed by atoms with van der Waals surface area (Å²) in [6.45, 7) is 4.81. The van der Waals surface area contributed by atoms with E-state index in [9.17, 15) is 15.0 Å². The third-order valence-electron chi connectivity index (χ3n) is 5.07. The van der Waals surface area contributed by atoms with Crippen molar-refractivity contribution in [2.45, 2.75) is 32.0 Å². The largest absolute Gasteiger partial charge is 0.507 e. The number of nitrogens with two attached hydrogens (primary N) is 1. The van der Waals surface area contributed by atoms with Crippen LogP contribution in [0.4, 0.5) is 0 Å². The normalized spacial score (nSPS) is 16.5. The number of rotatable bonds is 10. The molecule has 1 aromatic rings. The van der Waals surface area contributed by atoms with Gasteiger partial charge in [-0.2, -0.15) is 0 Å². The molecule has 2 rings (SSSR count). The number of carboxylic acid groups (broad SMARTS) is 1. The summed E-state index contributed by atoms with van der Waals surface area (Å²) in [6, 6.07) is 3.98. The van der Waals surface area contributed by atoms with Crippen molar-refractivity contribution in [3.8, 4) is 5.75 Å². The van der Waals surface area contributed by atoms with Crippen molar-refractivity contribution >= 4 is 13.2 Å². The lowest BCUT2D eigenvalue weighted by molar-refractivity contribution is 0.0688. The maximum atomic E-state index is 11.7. The lowest BCUT2D eigenvalue weighted by atomic mass is 9.75. The zero-order chi connectivity index (χ0) is 19.1. The Morgan fingerprint density at radius 3 is 2.73 bits per heavy atom. The number of carbonyl (C=O) groups is 1. The van der Waals surface area contributed by atoms with Gasteiger partial charge in [0.1, 0.15) is 18.6 Å². The molecule has 0 amide bonds. The number of nitrogens with zero attached hydrogens (tertiary/aromatic N) is 1. The first kappa shape index (κ1) is 20.3. The van der Waals surface area contributed by atoms with Crippen LogP contribution in [0.5, 0.6) is 5.75 Å². The monoisotopic (exact) mass is 359 g/mol. The Morgan fingerprint density at radius 2 is 2.15 bits per heavy atom. The Hall–Kier alpha value is -1.99. The molecule has 7 heteroatoms. The molecule has 1 fully saturated rings. The first-order chi connectivity index (χ1) is 12.5. The minimum absolute atomic E-state index is 0.0528. The molecule has 1 aromatic carbocycles. The predicted molar refractivity (Wildman–Crippen MR) is 106 cm³/mol. The molecule has 26 heavy (non-hydrogen) atoms. The van der Waals surface area contributed by atoms with Crippen LogP contribution < -0.4 is 11.1 Å². The fraction of sp³-hybridized carbons (Fsp3) is 0.526. The smallest absolute Gasteiger partial charge is 0.339 e. The van der Waals surface area contributed by atoms with Crippen molar-refractivity contribution in [1.29, 1.82) is 0 Å². The van der Waals surface area contributed by atoms with Gasteiger partial charge in [0.15, 0.2) is 0 Å². The second-order valence-electron chi connectivity index (χ2n) is 7.08. The second kappa shape index (κ2) is 9.64. The van der Waals surface area contributed by atoms with E-state index >= 15 is 0 Å². The average molecular weight is 359 g/mol. The van der Waals surface area contributed by atoms with Gasteiger partial charge in [-0.25, -0.2) is 4.79 Å². The summed E-state index contributed by atoms with van der Waals surface area (Å²) < 4.78 is 0. The van der Waals surface area contributed by atoms with Gasteiger partial charge < -0.3 is 26.2 Å². The van der Waals surface area contributed by atoms with E-state index in [0.29, 0.717) is 18.8 Å². The van der Waals surface area contributed by atoms with Gasteiger partial charge in [-0.3, -0.25) is 0 Å². The highest BCUT2D eigenvalue weighted by atomic mass is 16.4. The van der Waals surface area contributed by atoms with E-state index in [-0.39, 0.29) is 17.4 Å². The van der Waals surface area contributed by atoms with Crippen LogP contribution in [0.25, 0.3) is 0 Å². The number of hydrogen-bond donors (Lipinski definition) is 4. The Morgan fingerprint density at radius 1 is 1.46 bits per heavy atom. The molecule has 0 aliphatic carbocycles. The van der Waals surface area contributed by atoms with Crippen LogP contribution in [-0.2, 0) is 12.8 Å². The van der Waals surface area contributed by atoms with Crippen LogP contribution in [0, 0.1) is 5.92 Å². The van der Waals surface area contributed by atoms with Crippen molar-refractivity contribution in [3.05, 3.63) is 41.1 Å². The molecular weight excluding hydrogens is 329 g/mol. The molecule has 1 unspecified atom stereocenters. The minimum Gasteiger partial charge on any atom is -0.507 e. The highest BCUT2D eigenvalue weighted by Gasteiger charge is 2.30. The van der Waals surface area contributed by atoms with E-state index in [0.717, 1.165) is 44.4 Å². The first-order valence-corrected chi connectivity index (χ1v) is 9.35. The van der Waals surface area contributed by atoms with Crippen LogP contribution >= 0.6 is 0 Å². The minimum atomic E-state index is -1.05. The maximum absolute atomic E-state index is 11.7. The van der Waals surface area contributed by atoms with E-state index < -0.39 is 5.97 Å². The topological polar surface area (TPSA) is 98.8 Å². The van der Waals surface area contributed by atoms with Gasteiger partial charge in [-0.15, -0.1) is 0 Å². The molecule has 0 aromatic heterocycles. The van der Waals surface area contributed by atoms with Crippen molar-refractivity contribution in [3.63, 3.8) is 0 Å². The number of hydrogen-bond acceptors (Lipinski definition) is 5. The molecule has 1 aliphatic heterocycles. The van der Waals surface area contributed by atoms with E-state index in [1.165, 1.54) is 0 Å². The summed E-state index contributed by atoms with van der Waals surface area (Å²) in [7, 11) is 2.92. The van der Waals surface area contributed by atoms with Crippen LogP contribution in [0.15, 0.2) is 24.4 Å². The third kappa shape index (κ3) is 5.02. The number of phenols is 1. The van der Waals surface area contributed by atoms with Crippen LogP contribution in [0.1, 0.15) is 21.5 Å². The number of likely N-dealkylation sites (N-methyl/N-ethyl adjacent to an activating group) is 1. The first-order valence-electron chi connectivity index (χ1n) is 9.35. The van der Waals surface area contributed by atoms with Crippen LogP contribution in [0.2, 0.25) is 13.1 Å². The molecular formula is C19H30BN3O3. The summed E-state index contributed by atoms with van der Waals surface area (Å²) >= 11 is 0. The highest BCUT2D eigenvalue weighted by Crippen LogP contribution is 2.31. The third-order valence-corrected chi connectivity index (χ3v) is 5.07. The molecule has 1 heterocycles. The number of aryl methyl sites for hydroxylation is 1. The van der Waals surface area contributed by atoms with E-state index in [1.807, 2.05) is 25.3 Å². The molecule has 1 saturated heterocycles. The van der Waals surface area contributed by atoms with Crippen molar-refractivity contribution < 1.29 is 15.0 Å². The number of likely N-dealkylation sites (tertiary alicyclic amines) is 1. The van der Waals surface area contributed by atoms with Crippen LogP contribution in [-0.4, -0.2) is 61.1 Å². The van der Waals surface area contributed by atoms with Gasteiger partial charge in [-0.05, 0) is 43.1 Å². The lowest BCUT2D eigenvalue weighted by Crippen LogP contribution is -2.52. The van der Waals surface area contributed by atoms with E-state index in [2.05, 4.69) is 17.0 Å². The lowest BCUT2D eigenvalue weighted by Gasteiger charge is -2.41. The van der Waals surface area contributed by atoms with Crippen LogP contribution in [0.3, 0.4) is 0 Å². The fourth-order valence-corrected chi connectivity index (χ4v) is 3.58. The van der Waals surface area contributed by atoms with Gasteiger partial charge in [0, 0.05) is 25.7 Å². The molecule has 0 radical (unpaired) electrons. The molecule has 1 aliphatic rings. The Bertz CT molecular complexity index is 645. The second-order valence-corrected chi connectivity index (χ2v) is 7.08. The summed E-state index contributed by atoms with van der Waals surface area (Å²) in [6.07, 6.45) is 5.81. The van der Waals surface area contributed by atoms with E-state index in [1.54, 1.807) is 6.20 Å². The summed E-state index contributed by atoms with van der Waals surface area (Å²) in [5, 5.41) is 23.2. The molecule has 1 atom stereocenters. The molecule has 5 N–H and O–H groups in total.